The van der Waals surface area contributed by atoms with Gasteiger partial charge in [0.25, 0.3) is 5.78 Å². The minimum atomic E-state index is -0.954. The van der Waals surface area contributed by atoms with Crippen molar-refractivity contribution in [1.29, 1.82) is 0 Å². The molecular weight excluding hydrogens is 160 g/mol. The highest BCUT2D eigenvalue weighted by molar-refractivity contribution is 6.47. The molecule has 2 N–H and O–H groups in total. The lowest BCUT2D eigenvalue weighted by molar-refractivity contribution is -0.133. The molecule has 0 saturated carbocycles. The summed E-state index contributed by atoms with van der Waals surface area (Å²) in [7, 11) is 0. The zero-order chi connectivity index (χ0) is 9.30. The third kappa shape index (κ3) is 1.11. The summed E-state index contributed by atoms with van der Waals surface area (Å²) in [5.74, 6) is -2.80. The summed E-state index contributed by atoms with van der Waals surface area (Å²) >= 11 is 0. The highest BCUT2D eigenvalue weighted by Crippen LogP contribution is 2.20. The Balaban J connectivity index is 3.20. The Morgan fingerprint density at radius 3 is 2.42 bits per heavy atom. The predicted molar refractivity (Wildman–Crippen MR) is 40.7 cm³/mol. The molecule has 0 saturated heterocycles. The van der Waals surface area contributed by atoms with Crippen LogP contribution >= 0.6 is 0 Å². The van der Waals surface area contributed by atoms with E-state index in [9.17, 15) is 9.59 Å². The van der Waals surface area contributed by atoms with Gasteiger partial charge in [0.1, 0.15) is 5.76 Å². The summed E-state index contributed by atoms with van der Waals surface area (Å²) in [5.41, 5.74) is 0.125. The second-order valence-electron chi connectivity index (χ2n) is 2.40. The van der Waals surface area contributed by atoms with E-state index in [4.69, 9.17) is 10.2 Å². The van der Waals surface area contributed by atoms with Crippen LogP contribution in [0.1, 0.15) is 13.3 Å². The molecule has 0 aromatic rings. The van der Waals surface area contributed by atoms with Crippen LogP contribution in [-0.2, 0) is 9.59 Å². The molecule has 0 spiro atoms. The quantitative estimate of drug-likeness (QED) is 0.448. The van der Waals surface area contributed by atoms with Gasteiger partial charge in [0, 0.05) is 11.6 Å². The summed E-state index contributed by atoms with van der Waals surface area (Å²) < 4.78 is 0. The van der Waals surface area contributed by atoms with Crippen LogP contribution in [0.15, 0.2) is 23.2 Å². The van der Waals surface area contributed by atoms with E-state index in [0.717, 1.165) is 6.08 Å². The molecular formula is C8H8O4. The van der Waals surface area contributed by atoms with Gasteiger partial charge in [0.2, 0.25) is 5.78 Å². The van der Waals surface area contributed by atoms with Gasteiger partial charge < -0.3 is 10.2 Å². The maximum atomic E-state index is 10.8. The SMILES string of the molecule is CCC1=C(O)C(=O)C(=O)C=C1O. The molecule has 1 aliphatic rings. The normalized spacial score (nSPS) is 18.2. The number of ketones is 2. The van der Waals surface area contributed by atoms with E-state index < -0.39 is 17.3 Å². The molecule has 64 valence electrons. The average molecular weight is 168 g/mol. The number of allylic oxidation sites excluding steroid dienone is 3. The minimum Gasteiger partial charge on any atom is -0.507 e. The van der Waals surface area contributed by atoms with Gasteiger partial charge in [-0.2, -0.15) is 0 Å². The van der Waals surface area contributed by atoms with E-state index >= 15 is 0 Å². The van der Waals surface area contributed by atoms with Crippen LogP contribution in [0, 0.1) is 0 Å². The molecule has 0 radical (unpaired) electrons. The first kappa shape index (κ1) is 8.52. The van der Waals surface area contributed by atoms with Gasteiger partial charge >= 0.3 is 0 Å². The Kier molecular flexibility index (Phi) is 1.99. The molecule has 1 rings (SSSR count). The fraction of sp³-hybridized carbons (Fsp3) is 0.250. The lowest BCUT2D eigenvalue weighted by Gasteiger charge is -2.10. The molecule has 0 fully saturated rings. The van der Waals surface area contributed by atoms with Gasteiger partial charge in [0.05, 0.1) is 0 Å². The number of hydrogen-bond acceptors (Lipinski definition) is 4. The first-order chi connectivity index (χ1) is 5.57. The van der Waals surface area contributed by atoms with Crippen LogP contribution in [0.2, 0.25) is 0 Å². The van der Waals surface area contributed by atoms with E-state index in [1.54, 1.807) is 6.92 Å². The fourth-order valence-corrected chi connectivity index (χ4v) is 1.00. The fourth-order valence-electron chi connectivity index (χ4n) is 1.00. The van der Waals surface area contributed by atoms with E-state index in [-0.39, 0.29) is 11.3 Å². The van der Waals surface area contributed by atoms with Crippen LogP contribution in [0.3, 0.4) is 0 Å². The van der Waals surface area contributed by atoms with Crippen LogP contribution in [0.5, 0.6) is 0 Å². The van der Waals surface area contributed by atoms with Crippen molar-refractivity contribution in [3.05, 3.63) is 23.2 Å². The number of aliphatic hydroxyl groups excluding tert-OH is 2. The van der Waals surface area contributed by atoms with Crippen LogP contribution < -0.4 is 0 Å². The molecule has 0 aromatic carbocycles. The highest BCUT2D eigenvalue weighted by Gasteiger charge is 2.26. The van der Waals surface area contributed by atoms with Crippen molar-refractivity contribution >= 4 is 11.6 Å². The summed E-state index contributed by atoms with van der Waals surface area (Å²) in [4.78, 5) is 21.5. The maximum Gasteiger partial charge on any atom is 0.267 e. The summed E-state index contributed by atoms with van der Waals surface area (Å²) in [5, 5.41) is 18.2. The third-order valence-corrected chi connectivity index (χ3v) is 1.66. The lowest BCUT2D eigenvalue weighted by atomic mass is 9.99. The van der Waals surface area contributed by atoms with E-state index in [1.807, 2.05) is 0 Å². The molecule has 4 heteroatoms. The molecule has 0 atom stereocenters. The first-order valence-corrected chi connectivity index (χ1v) is 3.49. The number of carbonyl (C=O) groups is 2. The minimum absolute atomic E-state index is 0.125. The Bertz CT molecular complexity index is 309. The van der Waals surface area contributed by atoms with Gasteiger partial charge in [0.15, 0.2) is 5.76 Å². The maximum absolute atomic E-state index is 10.8. The van der Waals surface area contributed by atoms with Gasteiger partial charge in [-0.1, -0.05) is 6.92 Å². The van der Waals surface area contributed by atoms with Crippen LogP contribution in [0.25, 0.3) is 0 Å². The predicted octanol–water partition coefficient (Wildman–Crippen LogP) is 0.802. The van der Waals surface area contributed by atoms with Crippen molar-refractivity contribution in [3.63, 3.8) is 0 Å². The lowest BCUT2D eigenvalue weighted by Crippen LogP contribution is -2.20. The zero-order valence-corrected chi connectivity index (χ0v) is 6.50. The standard InChI is InChI=1S/C8H8O4/c1-2-4-5(9)3-6(10)8(12)7(4)11/h3,9,11H,2H2,1H3. The van der Waals surface area contributed by atoms with Crippen molar-refractivity contribution in [2.24, 2.45) is 0 Å². The number of hydrogen-bond donors (Lipinski definition) is 2. The van der Waals surface area contributed by atoms with Gasteiger partial charge in [-0.15, -0.1) is 0 Å². The number of Topliss-reactive ketones (excluding diaryl/α,β-unsaturated/α-hetero) is 1. The Morgan fingerprint density at radius 2 is 1.92 bits per heavy atom. The van der Waals surface area contributed by atoms with Crippen molar-refractivity contribution in [2.75, 3.05) is 0 Å². The molecule has 0 aliphatic heterocycles. The smallest absolute Gasteiger partial charge is 0.267 e. The van der Waals surface area contributed by atoms with Crippen molar-refractivity contribution in [2.45, 2.75) is 13.3 Å². The second-order valence-corrected chi connectivity index (χ2v) is 2.40. The Labute approximate surface area is 68.8 Å². The first-order valence-electron chi connectivity index (χ1n) is 3.49. The molecule has 0 amide bonds. The third-order valence-electron chi connectivity index (χ3n) is 1.66. The van der Waals surface area contributed by atoms with Crippen molar-refractivity contribution < 1.29 is 19.8 Å². The summed E-state index contributed by atoms with van der Waals surface area (Å²) in [6.45, 7) is 1.67. The monoisotopic (exact) mass is 168 g/mol. The summed E-state index contributed by atoms with van der Waals surface area (Å²) in [6, 6.07) is 0. The van der Waals surface area contributed by atoms with Crippen molar-refractivity contribution in [1.82, 2.24) is 0 Å². The number of rotatable bonds is 1. The second kappa shape index (κ2) is 2.81. The van der Waals surface area contributed by atoms with E-state index in [0.29, 0.717) is 6.42 Å². The molecule has 12 heavy (non-hydrogen) atoms. The molecule has 0 aromatic heterocycles. The van der Waals surface area contributed by atoms with E-state index in [2.05, 4.69) is 0 Å². The molecule has 0 unspecified atom stereocenters. The Hall–Kier alpha value is -1.58. The van der Waals surface area contributed by atoms with Crippen molar-refractivity contribution in [3.8, 4) is 0 Å². The average Bonchev–Trinajstić information content (AvgIpc) is 2.01. The van der Waals surface area contributed by atoms with Gasteiger partial charge in [-0.25, -0.2) is 0 Å². The van der Waals surface area contributed by atoms with Gasteiger partial charge in [-0.05, 0) is 6.42 Å². The molecule has 1 aliphatic carbocycles. The van der Waals surface area contributed by atoms with Crippen LogP contribution in [-0.4, -0.2) is 21.8 Å². The highest BCUT2D eigenvalue weighted by atomic mass is 16.3. The summed E-state index contributed by atoms with van der Waals surface area (Å²) in [6.07, 6.45) is 1.13. The topological polar surface area (TPSA) is 74.6 Å². The van der Waals surface area contributed by atoms with E-state index in [1.165, 1.54) is 0 Å². The zero-order valence-electron chi connectivity index (χ0n) is 6.50. The number of carbonyl (C=O) groups excluding carboxylic acids is 2. The Morgan fingerprint density at radius 1 is 1.33 bits per heavy atom. The molecule has 4 nitrogen and oxygen atoms in total. The largest absolute Gasteiger partial charge is 0.507 e. The number of aliphatic hydroxyl groups is 2. The molecule has 0 bridgehead atoms. The molecule has 0 heterocycles. The van der Waals surface area contributed by atoms with Gasteiger partial charge in [-0.3, -0.25) is 9.59 Å². The van der Waals surface area contributed by atoms with Crippen LogP contribution in [0.4, 0.5) is 0 Å².